The van der Waals surface area contributed by atoms with Crippen molar-refractivity contribution in [2.75, 3.05) is 5.32 Å². The van der Waals surface area contributed by atoms with Crippen molar-refractivity contribution in [3.63, 3.8) is 0 Å². The van der Waals surface area contributed by atoms with E-state index in [1.807, 2.05) is 24.3 Å². The van der Waals surface area contributed by atoms with Gasteiger partial charge in [-0.3, -0.25) is 10.1 Å². The number of carbonyl (C=O) groups excluding carboxylic acids is 1. The zero-order chi connectivity index (χ0) is 16.5. The Morgan fingerprint density at radius 3 is 2.92 bits per heavy atom. The third kappa shape index (κ3) is 2.99. The number of halogens is 1. The van der Waals surface area contributed by atoms with Crippen LogP contribution >= 0.6 is 27.3 Å². The van der Waals surface area contributed by atoms with E-state index in [4.69, 9.17) is 0 Å². The standard InChI is InChI=1S/C16H14BrN5OS/c17-10-5-1-3-7-13(10)22-9-12(20-21-22)15(23)19-16-18-11-6-2-4-8-14(11)24-16/h1,3,5,7,9H,2,4,6,8H2,(H,18,19,23). The van der Waals surface area contributed by atoms with Crippen molar-refractivity contribution in [3.8, 4) is 5.69 Å². The summed E-state index contributed by atoms with van der Waals surface area (Å²) in [4.78, 5) is 18.2. The summed E-state index contributed by atoms with van der Waals surface area (Å²) < 4.78 is 2.46. The fourth-order valence-electron chi connectivity index (χ4n) is 2.69. The molecule has 4 rings (SSSR count). The summed E-state index contributed by atoms with van der Waals surface area (Å²) in [6, 6.07) is 7.64. The number of rotatable bonds is 3. The van der Waals surface area contributed by atoms with E-state index in [9.17, 15) is 4.79 Å². The molecular formula is C16H14BrN5OS. The molecule has 0 atom stereocenters. The molecule has 1 aromatic carbocycles. The average molecular weight is 404 g/mol. The Labute approximate surface area is 151 Å². The van der Waals surface area contributed by atoms with E-state index in [2.05, 4.69) is 36.5 Å². The first-order valence-electron chi connectivity index (χ1n) is 7.68. The van der Waals surface area contributed by atoms with Crippen LogP contribution in [0, 0.1) is 0 Å². The maximum absolute atomic E-state index is 12.4. The number of aryl methyl sites for hydroxylation is 2. The minimum Gasteiger partial charge on any atom is -0.296 e. The quantitative estimate of drug-likeness (QED) is 0.724. The van der Waals surface area contributed by atoms with Crippen molar-refractivity contribution < 1.29 is 4.79 Å². The molecule has 1 aliphatic carbocycles. The number of anilines is 1. The fraction of sp³-hybridized carbons (Fsp3) is 0.250. The van der Waals surface area contributed by atoms with Gasteiger partial charge in [-0.05, 0) is 53.7 Å². The number of carbonyl (C=O) groups is 1. The zero-order valence-electron chi connectivity index (χ0n) is 12.7. The molecule has 0 radical (unpaired) electrons. The molecule has 0 saturated carbocycles. The molecule has 122 valence electrons. The predicted octanol–water partition coefficient (Wildman–Crippen LogP) is 3.62. The van der Waals surface area contributed by atoms with Crippen molar-refractivity contribution in [3.05, 3.63) is 51.2 Å². The van der Waals surface area contributed by atoms with E-state index in [1.54, 1.807) is 22.2 Å². The van der Waals surface area contributed by atoms with Crippen molar-refractivity contribution in [1.29, 1.82) is 0 Å². The summed E-state index contributed by atoms with van der Waals surface area (Å²) in [6.07, 6.45) is 6.04. The molecule has 2 heterocycles. The lowest BCUT2D eigenvalue weighted by Crippen LogP contribution is -2.12. The molecule has 1 N–H and O–H groups in total. The van der Waals surface area contributed by atoms with Crippen molar-refractivity contribution >= 4 is 38.3 Å². The van der Waals surface area contributed by atoms with Gasteiger partial charge in [0.1, 0.15) is 0 Å². The third-order valence-corrected chi connectivity index (χ3v) is 5.63. The van der Waals surface area contributed by atoms with Crippen LogP contribution in [-0.2, 0) is 12.8 Å². The molecule has 0 saturated heterocycles. The smallest absolute Gasteiger partial charge is 0.279 e. The molecule has 0 spiro atoms. The number of amides is 1. The number of hydrogen-bond acceptors (Lipinski definition) is 5. The van der Waals surface area contributed by atoms with Gasteiger partial charge in [0.05, 0.1) is 17.6 Å². The van der Waals surface area contributed by atoms with Crippen molar-refractivity contribution in [2.24, 2.45) is 0 Å². The minimum absolute atomic E-state index is 0.263. The molecule has 3 aromatic rings. The summed E-state index contributed by atoms with van der Waals surface area (Å²) >= 11 is 5.03. The van der Waals surface area contributed by atoms with E-state index in [0.29, 0.717) is 5.13 Å². The van der Waals surface area contributed by atoms with Crippen LogP contribution < -0.4 is 5.32 Å². The molecule has 1 aliphatic rings. The molecule has 2 aromatic heterocycles. The van der Waals surface area contributed by atoms with Gasteiger partial charge in [-0.2, -0.15) is 0 Å². The van der Waals surface area contributed by atoms with Crippen LogP contribution in [0.15, 0.2) is 34.9 Å². The van der Waals surface area contributed by atoms with Gasteiger partial charge in [0.25, 0.3) is 5.91 Å². The fourth-order valence-corrected chi connectivity index (χ4v) is 4.20. The van der Waals surface area contributed by atoms with E-state index >= 15 is 0 Å². The Morgan fingerprint density at radius 2 is 2.08 bits per heavy atom. The van der Waals surface area contributed by atoms with E-state index in [-0.39, 0.29) is 11.6 Å². The number of nitrogens with zero attached hydrogens (tertiary/aromatic N) is 4. The molecule has 0 unspecified atom stereocenters. The van der Waals surface area contributed by atoms with Crippen LogP contribution in [0.5, 0.6) is 0 Å². The summed E-state index contributed by atoms with van der Waals surface area (Å²) in [7, 11) is 0. The first kappa shape index (κ1) is 15.5. The number of benzene rings is 1. The van der Waals surface area contributed by atoms with Gasteiger partial charge in [-0.15, -0.1) is 16.4 Å². The Bertz CT molecular complexity index is 880. The summed E-state index contributed by atoms with van der Waals surface area (Å²) in [5.41, 5.74) is 2.21. The number of hydrogen-bond donors (Lipinski definition) is 1. The lowest BCUT2D eigenvalue weighted by Gasteiger charge is -2.06. The van der Waals surface area contributed by atoms with Crippen LogP contribution in [0.4, 0.5) is 5.13 Å². The number of nitrogens with one attached hydrogen (secondary N) is 1. The second kappa shape index (κ2) is 6.45. The normalized spacial score (nSPS) is 13.5. The van der Waals surface area contributed by atoms with Gasteiger partial charge in [0.2, 0.25) is 0 Å². The van der Waals surface area contributed by atoms with Crippen LogP contribution in [0.25, 0.3) is 5.69 Å². The largest absolute Gasteiger partial charge is 0.296 e. The van der Waals surface area contributed by atoms with Gasteiger partial charge in [0, 0.05) is 9.35 Å². The van der Waals surface area contributed by atoms with Crippen LogP contribution in [0.3, 0.4) is 0 Å². The molecule has 8 heteroatoms. The topological polar surface area (TPSA) is 72.7 Å². The summed E-state index contributed by atoms with van der Waals surface area (Å²) in [5.74, 6) is -0.292. The van der Waals surface area contributed by atoms with Gasteiger partial charge < -0.3 is 0 Å². The van der Waals surface area contributed by atoms with Crippen LogP contribution in [0.2, 0.25) is 0 Å². The van der Waals surface area contributed by atoms with Gasteiger partial charge in [-0.25, -0.2) is 9.67 Å². The number of thiazole rings is 1. The first-order valence-corrected chi connectivity index (χ1v) is 9.29. The molecule has 6 nitrogen and oxygen atoms in total. The Hall–Kier alpha value is -2.06. The SMILES string of the molecule is O=C(Nc1nc2c(s1)CCCC2)c1cn(-c2ccccc2Br)nn1. The maximum Gasteiger partial charge on any atom is 0.279 e. The Morgan fingerprint density at radius 1 is 1.25 bits per heavy atom. The monoisotopic (exact) mass is 403 g/mol. The summed E-state index contributed by atoms with van der Waals surface area (Å²) in [5, 5.41) is 11.5. The highest BCUT2D eigenvalue weighted by atomic mass is 79.9. The minimum atomic E-state index is -0.292. The molecule has 0 bridgehead atoms. The lowest BCUT2D eigenvalue weighted by molar-refractivity contribution is 0.102. The lowest BCUT2D eigenvalue weighted by atomic mass is 10.0. The Kier molecular flexibility index (Phi) is 4.15. The number of para-hydroxylation sites is 1. The van der Waals surface area contributed by atoms with Gasteiger partial charge in [0.15, 0.2) is 10.8 Å². The van der Waals surface area contributed by atoms with Crippen LogP contribution in [-0.4, -0.2) is 25.9 Å². The Balaban J connectivity index is 1.53. The molecule has 0 fully saturated rings. The van der Waals surface area contributed by atoms with Crippen molar-refractivity contribution in [1.82, 2.24) is 20.0 Å². The summed E-state index contributed by atoms with van der Waals surface area (Å²) in [6.45, 7) is 0. The zero-order valence-corrected chi connectivity index (χ0v) is 15.1. The third-order valence-electron chi connectivity index (χ3n) is 3.89. The highest BCUT2D eigenvalue weighted by Crippen LogP contribution is 2.29. The maximum atomic E-state index is 12.4. The van der Waals surface area contributed by atoms with E-state index in [0.717, 1.165) is 28.7 Å². The molecular weight excluding hydrogens is 390 g/mol. The van der Waals surface area contributed by atoms with Gasteiger partial charge in [-0.1, -0.05) is 17.3 Å². The highest BCUT2D eigenvalue weighted by molar-refractivity contribution is 9.10. The van der Waals surface area contributed by atoms with Crippen LogP contribution in [0.1, 0.15) is 33.9 Å². The highest BCUT2D eigenvalue weighted by Gasteiger charge is 2.18. The molecule has 0 aliphatic heterocycles. The van der Waals surface area contributed by atoms with Gasteiger partial charge >= 0.3 is 0 Å². The number of fused-ring (bicyclic) bond motifs is 1. The molecule has 24 heavy (non-hydrogen) atoms. The van der Waals surface area contributed by atoms with Crippen molar-refractivity contribution in [2.45, 2.75) is 25.7 Å². The second-order valence-corrected chi connectivity index (χ2v) is 7.49. The average Bonchev–Trinajstić information content (AvgIpc) is 3.21. The van der Waals surface area contributed by atoms with E-state index < -0.39 is 0 Å². The first-order chi connectivity index (χ1) is 11.7. The van der Waals surface area contributed by atoms with E-state index in [1.165, 1.54) is 17.7 Å². The predicted molar refractivity (Wildman–Crippen MR) is 95.8 cm³/mol. The number of aromatic nitrogens is 4. The molecule has 1 amide bonds. The second-order valence-electron chi connectivity index (χ2n) is 5.55.